The van der Waals surface area contributed by atoms with Crippen molar-refractivity contribution in [2.45, 2.75) is 27.7 Å². The van der Waals surface area contributed by atoms with Gasteiger partial charge in [-0.3, -0.25) is 0 Å². The fourth-order valence-corrected chi connectivity index (χ4v) is 3.74. The molecule has 0 aliphatic rings. The molecule has 0 unspecified atom stereocenters. The molecule has 0 radical (unpaired) electrons. The van der Waals surface area contributed by atoms with E-state index in [1.807, 2.05) is 76.2 Å². The van der Waals surface area contributed by atoms with Gasteiger partial charge in [0.2, 0.25) is 0 Å². The average molecular weight is 354 g/mol. The number of nitriles is 2. The molecule has 0 bridgehead atoms. The van der Waals surface area contributed by atoms with Crippen LogP contribution >= 0.6 is 0 Å². The van der Waals surface area contributed by atoms with E-state index in [0.717, 1.165) is 33.4 Å². The van der Waals surface area contributed by atoms with Crippen molar-refractivity contribution in [3.8, 4) is 34.4 Å². The molecule has 0 atom stereocenters. The van der Waals surface area contributed by atoms with Crippen molar-refractivity contribution in [3.05, 3.63) is 81.7 Å². The molecule has 27 heavy (non-hydrogen) atoms. The van der Waals surface area contributed by atoms with Gasteiger partial charge in [-0.15, -0.1) is 0 Å². The molecule has 0 aliphatic heterocycles. The fourth-order valence-electron chi connectivity index (χ4n) is 3.74. The molecule has 132 valence electrons. The molecule has 0 spiro atoms. The Labute approximate surface area is 159 Å². The third-order valence-corrected chi connectivity index (χ3v) is 4.99. The normalized spacial score (nSPS) is 10.3. The van der Waals surface area contributed by atoms with Crippen LogP contribution in [0.25, 0.3) is 22.3 Å². The summed E-state index contributed by atoms with van der Waals surface area (Å²) < 4.78 is 15.2. The van der Waals surface area contributed by atoms with Crippen LogP contribution in [0.1, 0.15) is 33.4 Å². The maximum absolute atomic E-state index is 15.2. The molecule has 3 heteroatoms. The van der Waals surface area contributed by atoms with Gasteiger partial charge in [-0.25, -0.2) is 4.39 Å². The largest absolute Gasteiger partial charge is 0.204 e. The van der Waals surface area contributed by atoms with Crippen LogP contribution < -0.4 is 0 Å². The molecule has 0 aliphatic carbocycles. The van der Waals surface area contributed by atoms with Crippen molar-refractivity contribution in [3.63, 3.8) is 0 Å². The lowest BCUT2D eigenvalue weighted by molar-refractivity contribution is 0.621. The van der Waals surface area contributed by atoms with Gasteiger partial charge < -0.3 is 0 Å². The molecule has 2 nitrogen and oxygen atoms in total. The van der Waals surface area contributed by atoms with Crippen LogP contribution in [0.3, 0.4) is 0 Å². The zero-order chi connectivity index (χ0) is 19.7. The van der Waals surface area contributed by atoms with Gasteiger partial charge in [0.1, 0.15) is 12.1 Å². The predicted octanol–water partition coefficient (Wildman–Crippen LogP) is 6.14. The van der Waals surface area contributed by atoms with Crippen molar-refractivity contribution in [2.24, 2.45) is 0 Å². The van der Waals surface area contributed by atoms with E-state index in [1.54, 1.807) is 6.07 Å². The van der Waals surface area contributed by atoms with Crippen molar-refractivity contribution in [2.75, 3.05) is 0 Å². The highest BCUT2D eigenvalue weighted by molar-refractivity contribution is 5.86. The Balaban J connectivity index is 2.50. The Hall–Kier alpha value is -3.43. The number of hydrogen-bond acceptors (Lipinski definition) is 2. The summed E-state index contributed by atoms with van der Waals surface area (Å²) in [6.45, 7) is 7.77. The van der Waals surface area contributed by atoms with E-state index < -0.39 is 5.82 Å². The maximum atomic E-state index is 15.2. The minimum absolute atomic E-state index is 0.0843. The first-order chi connectivity index (χ1) is 12.9. The Morgan fingerprint density at radius 3 is 1.30 bits per heavy atom. The molecule has 0 amide bonds. The Morgan fingerprint density at radius 2 is 1.00 bits per heavy atom. The minimum Gasteiger partial charge on any atom is -0.204 e. The average Bonchev–Trinajstić information content (AvgIpc) is 2.61. The molecular formula is C24H19FN2. The second-order valence-electron chi connectivity index (χ2n) is 6.79. The predicted molar refractivity (Wildman–Crippen MR) is 106 cm³/mol. The van der Waals surface area contributed by atoms with Crippen LogP contribution in [0.5, 0.6) is 0 Å². The molecule has 0 aromatic heterocycles. The first-order valence-electron chi connectivity index (χ1n) is 8.70. The summed E-state index contributed by atoms with van der Waals surface area (Å²) in [6, 6.07) is 17.4. The summed E-state index contributed by atoms with van der Waals surface area (Å²) in [6.07, 6.45) is 0. The second-order valence-corrected chi connectivity index (χ2v) is 6.79. The molecule has 3 aromatic rings. The van der Waals surface area contributed by atoms with Crippen LogP contribution in [-0.2, 0) is 0 Å². The first-order valence-corrected chi connectivity index (χ1v) is 8.70. The molecular weight excluding hydrogens is 335 g/mol. The number of aryl methyl sites for hydroxylation is 4. The maximum Gasteiger partial charge on any atom is 0.159 e. The van der Waals surface area contributed by atoms with Crippen LogP contribution in [0.4, 0.5) is 4.39 Å². The zero-order valence-electron chi connectivity index (χ0n) is 15.8. The van der Waals surface area contributed by atoms with E-state index in [-0.39, 0.29) is 11.1 Å². The molecule has 0 fully saturated rings. The lowest BCUT2D eigenvalue weighted by atomic mass is 9.85. The van der Waals surface area contributed by atoms with Crippen molar-refractivity contribution in [1.29, 1.82) is 10.5 Å². The highest BCUT2D eigenvalue weighted by Gasteiger charge is 2.23. The topological polar surface area (TPSA) is 47.6 Å². The number of hydrogen-bond donors (Lipinski definition) is 0. The Morgan fingerprint density at radius 1 is 0.667 bits per heavy atom. The molecule has 0 saturated heterocycles. The van der Waals surface area contributed by atoms with Crippen LogP contribution in [0.15, 0.2) is 42.5 Å². The van der Waals surface area contributed by atoms with Crippen molar-refractivity contribution >= 4 is 0 Å². The van der Waals surface area contributed by atoms with Gasteiger partial charge in [0.05, 0.1) is 11.1 Å². The molecule has 3 aromatic carbocycles. The van der Waals surface area contributed by atoms with Gasteiger partial charge >= 0.3 is 0 Å². The van der Waals surface area contributed by atoms with Crippen LogP contribution in [0.2, 0.25) is 0 Å². The summed E-state index contributed by atoms with van der Waals surface area (Å²) in [7, 11) is 0. The van der Waals surface area contributed by atoms with Gasteiger partial charge in [-0.1, -0.05) is 36.4 Å². The molecule has 3 rings (SSSR count). The summed E-state index contributed by atoms with van der Waals surface area (Å²) in [5.41, 5.74) is 6.41. The lowest BCUT2D eigenvalue weighted by Gasteiger charge is -2.18. The minimum atomic E-state index is -0.752. The smallest absolute Gasteiger partial charge is 0.159 e. The monoisotopic (exact) mass is 354 g/mol. The van der Waals surface area contributed by atoms with E-state index >= 15 is 4.39 Å². The second kappa shape index (κ2) is 7.06. The highest BCUT2D eigenvalue weighted by atomic mass is 19.1. The third-order valence-electron chi connectivity index (χ3n) is 4.99. The molecule has 0 N–H and O–H groups in total. The fraction of sp³-hybridized carbons (Fsp3) is 0.167. The summed E-state index contributed by atoms with van der Waals surface area (Å²) in [4.78, 5) is 0. The Bertz CT molecular complexity index is 1020. The number of halogens is 1. The standard InChI is InChI=1S/C24H19FN2/c1-14-7-5-8-15(2)22(14)18-11-19(21(13-27)24(25)20(18)12-26)23-16(3)9-6-10-17(23)4/h5-11H,1-4H3. The van der Waals surface area contributed by atoms with Gasteiger partial charge in [-0.2, -0.15) is 10.5 Å². The summed E-state index contributed by atoms with van der Waals surface area (Å²) >= 11 is 0. The van der Waals surface area contributed by atoms with Crippen LogP contribution in [0, 0.1) is 56.2 Å². The zero-order valence-corrected chi connectivity index (χ0v) is 15.8. The first kappa shape index (κ1) is 18.4. The van der Waals surface area contributed by atoms with Crippen molar-refractivity contribution in [1.82, 2.24) is 0 Å². The van der Waals surface area contributed by atoms with E-state index in [0.29, 0.717) is 11.1 Å². The Kier molecular flexibility index (Phi) is 4.80. The number of benzene rings is 3. The van der Waals surface area contributed by atoms with Gasteiger partial charge in [0.25, 0.3) is 0 Å². The van der Waals surface area contributed by atoms with Crippen molar-refractivity contribution < 1.29 is 4.39 Å². The lowest BCUT2D eigenvalue weighted by Crippen LogP contribution is -2.01. The van der Waals surface area contributed by atoms with Gasteiger partial charge in [0, 0.05) is 11.1 Å². The molecule has 0 saturated carbocycles. The van der Waals surface area contributed by atoms with Gasteiger partial charge in [-0.05, 0) is 67.1 Å². The van der Waals surface area contributed by atoms with E-state index in [4.69, 9.17) is 0 Å². The highest BCUT2D eigenvalue weighted by Crippen LogP contribution is 2.39. The number of nitrogens with zero attached hydrogens (tertiary/aromatic N) is 2. The van der Waals surface area contributed by atoms with E-state index in [2.05, 4.69) is 0 Å². The molecule has 0 heterocycles. The number of rotatable bonds is 2. The summed E-state index contributed by atoms with van der Waals surface area (Å²) in [5.74, 6) is -0.752. The third kappa shape index (κ3) is 2.98. The van der Waals surface area contributed by atoms with Crippen LogP contribution in [-0.4, -0.2) is 0 Å². The quantitative estimate of drug-likeness (QED) is 0.555. The van der Waals surface area contributed by atoms with Gasteiger partial charge in [0.15, 0.2) is 5.82 Å². The van der Waals surface area contributed by atoms with E-state index in [9.17, 15) is 10.5 Å². The van der Waals surface area contributed by atoms with E-state index in [1.165, 1.54) is 0 Å². The summed E-state index contributed by atoms with van der Waals surface area (Å²) in [5, 5.41) is 19.3. The SMILES string of the molecule is Cc1cccc(C)c1-c1cc(-c2c(C)cccc2C)c(C#N)c(F)c1C#N.